The second kappa shape index (κ2) is 5.48. The van der Waals surface area contributed by atoms with Crippen molar-refractivity contribution < 1.29 is 9.59 Å². The first-order chi connectivity index (χ1) is 9.45. The first kappa shape index (κ1) is 14.3. The van der Waals surface area contributed by atoms with Crippen LogP contribution in [0.5, 0.6) is 0 Å². The Morgan fingerprint density at radius 2 is 2.10 bits per heavy atom. The highest BCUT2D eigenvalue weighted by molar-refractivity contribution is 5.99. The van der Waals surface area contributed by atoms with E-state index in [1.54, 1.807) is 19.9 Å². The summed E-state index contributed by atoms with van der Waals surface area (Å²) < 4.78 is 0. The largest absolute Gasteiger partial charge is 0.353 e. The average molecular weight is 277 g/mol. The molecule has 1 aromatic heterocycles. The molecule has 2 heterocycles. The van der Waals surface area contributed by atoms with Gasteiger partial charge in [0.1, 0.15) is 11.6 Å². The Morgan fingerprint density at radius 3 is 2.70 bits per heavy atom. The maximum absolute atomic E-state index is 12.6. The predicted octanol–water partition coefficient (Wildman–Crippen LogP) is 0.342. The highest BCUT2D eigenvalue weighted by Gasteiger charge is 2.33. The highest BCUT2D eigenvalue weighted by atomic mass is 16.2. The highest BCUT2D eigenvalue weighted by Crippen LogP contribution is 2.14. The van der Waals surface area contributed by atoms with E-state index in [2.05, 4.69) is 10.3 Å². The van der Waals surface area contributed by atoms with E-state index in [0.29, 0.717) is 30.8 Å². The van der Waals surface area contributed by atoms with Gasteiger partial charge in [-0.1, -0.05) is 6.92 Å². The van der Waals surface area contributed by atoms with Crippen LogP contribution in [0.3, 0.4) is 0 Å². The van der Waals surface area contributed by atoms with E-state index >= 15 is 0 Å². The summed E-state index contributed by atoms with van der Waals surface area (Å²) in [5, 5.41) is 2.74. The molecule has 1 aliphatic heterocycles. The molecule has 20 heavy (non-hydrogen) atoms. The lowest BCUT2D eigenvalue weighted by Gasteiger charge is -2.34. The summed E-state index contributed by atoms with van der Waals surface area (Å²) >= 11 is 0. The van der Waals surface area contributed by atoms with Gasteiger partial charge in [-0.25, -0.2) is 0 Å². The van der Waals surface area contributed by atoms with E-state index in [1.807, 2.05) is 6.92 Å². The lowest BCUT2D eigenvalue weighted by molar-refractivity contribution is -0.127. The maximum Gasteiger partial charge on any atom is 0.261 e. The second-order valence-corrected chi connectivity index (χ2v) is 5.05. The molecule has 1 atom stereocenters. The van der Waals surface area contributed by atoms with Crippen molar-refractivity contribution in [3.63, 3.8) is 0 Å². The van der Waals surface area contributed by atoms with Crippen LogP contribution in [0.4, 0.5) is 0 Å². The van der Waals surface area contributed by atoms with Gasteiger partial charge < -0.3 is 15.2 Å². The minimum absolute atomic E-state index is 0.128. The monoisotopic (exact) mass is 277 g/mol. The topological polar surface area (TPSA) is 82.3 Å². The molecule has 0 aromatic carbocycles. The number of hydrogen-bond acceptors (Lipinski definition) is 3. The van der Waals surface area contributed by atoms with Crippen LogP contribution in [0, 0.1) is 13.8 Å². The number of rotatable bonds is 2. The third-order valence-corrected chi connectivity index (χ3v) is 3.56. The van der Waals surface area contributed by atoms with Gasteiger partial charge in [0.2, 0.25) is 5.91 Å². The van der Waals surface area contributed by atoms with Crippen LogP contribution in [-0.4, -0.2) is 40.8 Å². The van der Waals surface area contributed by atoms with Crippen LogP contribution >= 0.6 is 0 Å². The van der Waals surface area contributed by atoms with E-state index in [1.165, 1.54) is 4.90 Å². The number of aryl methyl sites for hydroxylation is 2. The average Bonchev–Trinajstić information content (AvgIpc) is 2.37. The number of carbonyl (C=O) groups excluding carboxylic acids is 2. The number of carbonyl (C=O) groups is 2. The van der Waals surface area contributed by atoms with Gasteiger partial charge in [-0.3, -0.25) is 14.4 Å². The number of piperazine rings is 1. The number of aromatic nitrogens is 1. The van der Waals surface area contributed by atoms with Gasteiger partial charge in [-0.2, -0.15) is 0 Å². The molecule has 6 heteroatoms. The van der Waals surface area contributed by atoms with Crippen molar-refractivity contribution in [2.45, 2.75) is 33.2 Å². The fourth-order valence-electron chi connectivity index (χ4n) is 2.63. The van der Waals surface area contributed by atoms with Gasteiger partial charge >= 0.3 is 0 Å². The molecule has 0 spiro atoms. The zero-order chi connectivity index (χ0) is 14.9. The molecular formula is C14H19N3O3. The standard InChI is InChI=1S/C14H19N3O3/c1-4-10-12(18)15-5-6-17(10)14(20)11-8(2)7-9(3)16-13(11)19/h7,10H,4-6H2,1-3H3,(H,15,18)(H,16,19). The zero-order valence-corrected chi connectivity index (χ0v) is 11.9. The van der Waals surface area contributed by atoms with E-state index in [4.69, 9.17) is 0 Å². The third-order valence-electron chi connectivity index (χ3n) is 3.56. The number of nitrogens with zero attached hydrogens (tertiary/aromatic N) is 1. The molecule has 6 nitrogen and oxygen atoms in total. The van der Waals surface area contributed by atoms with Gasteiger partial charge in [-0.05, 0) is 31.9 Å². The van der Waals surface area contributed by atoms with Crippen molar-refractivity contribution in [3.8, 4) is 0 Å². The van der Waals surface area contributed by atoms with Crippen molar-refractivity contribution >= 4 is 11.8 Å². The number of aromatic amines is 1. The fourth-order valence-corrected chi connectivity index (χ4v) is 2.63. The third kappa shape index (κ3) is 2.45. The second-order valence-electron chi connectivity index (χ2n) is 5.05. The molecule has 1 aliphatic rings. The normalized spacial score (nSPS) is 18.9. The SMILES string of the molecule is CCC1C(=O)NCCN1C(=O)c1c(C)cc(C)[nH]c1=O. The van der Waals surface area contributed by atoms with E-state index in [9.17, 15) is 14.4 Å². The number of pyridine rings is 1. The van der Waals surface area contributed by atoms with Gasteiger partial charge in [0.05, 0.1) is 0 Å². The smallest absolute Gasteiger partial charge is 0.261 e. The van der Waals surface area contributed by atoms with Crippen LogP contribution in [-0.2, 0) is 4.79 Å². The molecule has 108 valence electrons. The first-order valence-corrected chi connectivity index (χ1v) is 6.75. The van der Waals surface area contributed by atoms with Crippen LogP contribution in [0.1, 0.15) is 35.0 Å². The maximum atomic E-state index is 12.6. The van der Waals surface area contributed by atoms with Gasteiger partial charge in [-0.15, -0.1) is 0 Å². The van der Waals surface area contributed by atoms with Gasteiger partial charge in [0.15, 0.2) is 0 Å². The van der Waals surface area contributed by atoms with Crippen molar-refractivity contribution in [2.75, 3.05) is 13.1 Å². The van der Waals surface area contributed by atoms with Crippen molar-refractivity contribution in [3.05, 3.63) is 33.2 Å². The van der Waals surface area contributed by atoms with E-state index < -0.39 is 11.6 Å². The van der Waals surface area contributed by atoms with Crippen LogP contribution in [0.2, 0.25) is 0 Å². The Bertz CT molecular complexity index is 606. The predicted molar refractivity (Wildman–Crippen MR) is 74.7 cm³/mol. The Hall–Kier alpha value is -2.11. The number of H-pyrrole nitrogens is 1. The summed E-state index contributed by atoms with van der Waals surface area (Å²) in [7, 11) is 0. The molecule has 0 saturated carbocycles. The van der Waals surface area contributed by atoms with Crippen molar-refractivity contribution in [2.24, 2.45) is 0 Å². The van der Waals surface area contributed by atoms with Crippen molar-refractivity contribution in [1.82, 2.24) is 15.2 Å². The number of nitrogens with one attached hydrogen (secondary N) is 2. The zero-order valence-electron chi connectivity index (χ0n) is 11.9. The molecule has 2 amide bonds. The van der Waals surface area contributed by atoms with Crippen molar-refractivity contribution in [1.29, 1.82) is 0 Å². The molecule has 1 aromatic rings. The summed E-state index contributed by atoms with van der Waals surface area (Å²) in [4.78, 5) is 40.5. The number of amides is 2. The quantitative estimate of drug-likeness (QED) is 0.818. The van der Waals surface area contributed by atoms with Crippen LogP contribution in [0.25, 0.3) is 0 Å². The summed E-state index contributed by atoms with van der Waals surface area (Å²) in [6.45, 7) is 6.20. The Labute approximate surface area is 117 Å². The minimum Gasteiger partial charge on any atom is -0.353 e. The minimum atomic E-state index is -0.503. The molecule has 0 bridgehead atoms. The molecular weight excluding hydrogens is 258 g/mol. The number of hydrogen-bond donors (Lipinski definition) is 2. The van der Waals surface area contributed by atoms with Crippen LogP contribution in [0.15, 0.2) is 10.9 Å². The summed E-state index contributed by atoms with van der Waals surface area (Å²) in [5.41, 5.74) is 1.08. The summed E-state index contributed by atoms with van der Waals surface area (Å²) in [5.74, 6) is -0.529. The lowest BCUT2D eigenvalue weighted by atomic mass is 10.0. The van der Waals surface area contributed by atoms with Crippen LogP contribution < -0.4 is 10.9 Å². The molecule has 1 saturated heterocycles. The molecule has 1 unspecified atom stereocenters. The Morgan fingerprint density at radius 1 is 1.40 bits per heavy atom. The molecule has 0 aliphatic carbocycles. The van der Waals surface area contributed by atoms with E-state index in [0.717, 1.165) is 0 Å². The van der Waals surface area contributed by atoms with Gasteiger partial charge in [0.25, 0.3) is 11.5 Å². The first-order valence-electron chi connectivity index (χ1n) is 6.75. The molecule has 0 radical (unpaired) electrons. The molecule has 1 fully saturated rings. The van der Waals surface area contributed by atoms with Gasteiger partial charge in [0, 0.05) is 18.8 Å². The lowest BCUT2D eigenvalue weighted by Crippen LogP contribution is -2.57. The molecule has 2 rings (SSSR count). The molecule has 2 N–H and O–H groups in total. The fraction of sp³-hybridized carbons (Fsp3) is 0.500. The summed E-state index contributed by atoms with van der Waals surface area (Å²) in [6.07, 6.45) is 0.528. The summed E-state index contributed by atoms with van der Waals surface area (Å²) in [6, 6.07) is 1.26. The van der Waals surface area contributed by atoms with E-state index in [-0.39, 0.29) is 17.4 Å². The Kier molecular flexibility index (Phi) is 3.92. The Balaban J connectivity index is 2.41.